The van der Waals surface area contributed by atoms with Crippen molar-refractivity contribution in [3.63, 3.8) is 0 Å². The smallest absolute Gasteiger partial charge is 0.278 e. The quantitative estimate of drug-likeness (QED) is 0.709. The fraction of sp³-hybridized carbons (Fsp3) is 0.556. The number of carbonyl (C=O) groups excluding carboxylic acids is 2. The molecule has 2 aliphatic heterocycles. The maximum Gasteiger partial charge on any atom is 0.278 e. The van der Waals surface area contributed by atoms with Crippen LogP contribution in [0.4, 0.5) is 5.69 Å². The van der Waals surface area contributed by atoms with Gasteiger partial charge in [-0.3, -0.25) is 9.59 Å². The summed E-state index contributed by atoms with van der Waals surface area (Å²) in [5, 5.41) is 5.83. The average molecular weight is 348 g/mol. The number of amides is 2. The summed E-state index contributed by atoms with van der Waals surface area (Å²) in [7, 11) is 0. The van der Waals surface area contributed by atoms with E-state index in [2.05, 4.69) is 10.6 Å². The topological polar surface area (TPSA) is 81.1 Å². The summed E-state index contributed by atoms with van der Waals surface area (Å²) in [6.45, 7) is 6.41. The molecule has 2 heterocycles. The van der Waals surface area contributed by atoms with E-state index in [-0.39, 0.29) is 30.6 Å². The first-order chi connectivity index (χ1) is 12.1. The second kappa shape index (κ2) is 7.74. The van der Waals surface area contributed by atoms with Crippen molar-refractivity contribution in [1.82, 2.24) is 5.32 Å². The van der Waals surface area contributed by atoms with E-state index in [1.807, 2.05) is 19.9 Å². The molecule has 3 N–H and O–H groups in total. The van der Waals surface area contributed by atoms with E-state index >= 15 is 0 Å². The standard InChI is InChI=1S/C18H25N3O4/c1-3-19-17(22)12(2)21-8-6-13(7-9-21)18(23)20-14-4-5-15-16(10-14)25-11-24-15/h4-5,10,12-13H,3,6-9,11H2,1-2H3,(H,19,22)(H,20,23)/p+1/t12-/m0/s1. The van der Waals surface area contributed by atoms with Crippen molar-refractivity contribution >= 4 is 17.5 Å². The maximum atomic E-state index is 12.5. The summed E-state index contributed by atoms with van der Waals surface area (Å²) < 4.78 is 10.6. The molecule has 0 saturated carbocycles. The van der Waals surface area contributed by atoms with Gasteiger partial charge >= 0.3 is 0 Å². The minimum atomic E-state index is -0.0715. The third kappa shape index (κ3) is 4.04. The molecule has 1 atom stereocenters. The van der Waals surface area contributed by atoms with E-state index in [0.717, 1.165) is 31.6 Å². The SMILES string of the molecule is CCNC(=O)[C@H](C)[NH+]1CCC(C(=O)Nc2ccc3c(c2)OCO3)CC1. The highest BCUT2D eigenvalue weighted by atomic mass is 16.7. The van der Waals surface area contributed by atoms with Crippen molar-refractivity contribution in [2.75, 3.05) is 31.7 Å². The molecular formula is C18H26N3O4+. The van der Waals surface area contributed by atoms with Crippen molar-refractivity contribution in [2.45, 2.75) is 32.7 Å². The molecule has 1 fully saturated rings. The number of anilines is 1. The van der Waals surface area contributed by atoms with Gasteiger partial charge < -0.3 is 25.0 Å². The Bertz CT molecular complexity index is 641. The third-order valence-corrected chi connectivity index (χ3v) is 5.00. The molecule has 0 aromatic heterocycles. The summed E-state index contributed by atoms with van der Waals surface area (Å²) in [6.07, 6.45) is 1.57. The molecule has 25 heavy (non-hydrogen) atoms. The highest BCUT2D eigenvalue weighted by Crippen LogP contribution is 2.34. The minimum Gasteiger partial charge on any atom is -0.454 e. The molecule has 1 aromatic rings. The lowest BCUT2D eigenvalue weighted by molar-refractivity contribution is -0.919. The van der Waals surface area contributed by atoms with Crippen LogP contribution in [0.5, 0.6) is 11.5 Å². The van der Waals surface area contributed by atoms with Crippen molar-refractivity contribution in [3.8, 4) is 11.5 Å². The number of piperidine rings is 1. The Morgan fingerprint density at radius 3 is 2.68 bits per heavy atom. The molecule has 7 heteroatoms. The van der Waals surface area contributed by atoms with Gasteiger partial charge in [0.2, 0.25) is 12.7 Å². The molecule has 3 rings (SSSR count). The summed E-state index contributed by atoms with van der Waals surface area (Å²) in [6, 6.07) is 5.34. The summed E-state index contributed by atoms with van der Waals surface area (Å²) in [5.41, 5.74) is 0.722. The summed E-state index contributed by atoms with van der Waals surface area (Å²) in [5.74, 6) is 1.46. The molecule has 0 unspecified atom stereocenters. The van der Waals surface area contributed by atoms with Gasteiger partial charge in [0, 0.05) is 37.1 Å². The van der Waals surface area contributed by atoms with E-state index in [1.165, 1.54) is 4.90 Å². The third-order valence-electron chi connectivity index (χ3n) is 5.00. The Morgan fingerprint density at radius 2 is 1.96 bits per heavy atom. The Morgan fingerprint density at radius 1 is 1.24 bits per heavy atom. The van der Waals surface area contributed by atoms with E-state index in [1.54, 1.807) is 12.1 Å². The zero-order valence-corrected chi connectivity index (χ0v) is 14.8. The minimum absolute atomic E-state index is 0.0180. The Kier molecular flexibility index (Phi) is 5.43. The number of quaternary nitrogens is 1. The maximum absolute atomic E-state index is 12.5. The van der Waals surface area contributed by atoms with Crippen LogP contribution < -0.4 is 25.0 Å². The normalized spacial score (nSPS) is 23.0. The van der Waals surface area contributed by atoms with Crippen molar-refractivity contribution in [1.29, 1.82) is 0 Å². The van der Waals surface area contributed by atoms with Gasteiger partial charge in [0.15, 0.2) is 17.5 Å². The van der Waals surface area contributed by atoms with E-state index in [9.17, 15) is 9.59 Å². The van der Waals surface area contributed by atoms with Gasteiger partial charge in [0.1, 0.15) is 0 Å². The van der Waals surface area contributed by atoms with Crippen LogP contribution in [0, 0.1) is 5.92 Å². The fourth-order valence-corrected chi connectivity index (χ4v) is 3.42. The molecule has 0 radical (unpaired) electrons. The Balaban J connectivity index is 1.51. The number of benzene rings is 1. The molecule has 0 spiro atoms. The van der Waals surface area contributed by atoms with Crippen LogP contribution >= 0.6 is 0 Å². The van der Waals surface area contributed by atoms with Crippen molar-refractivity contribution in [2.24, 2.45) is 5.92 Å². The van der Waals surface area contributed by atoms with Gasteiger partial charge in [0.05, 0.1) is 13.1 Å². The number of carbonyl (C=O) groups is 2. The zero-order chi connectivity index (χ0) is 17.8. The number of ether oxygens (including phenoxy) is 2. The predicted molar refractivity (Wildman–Crippen MR) is 92.8 cm³/mol. The van der Waals surface area contributed by atoms with Crippen molar-refractivity contribution in [3.05, 3.63) is 18.2 Å². The van der Waals surface area contributed by atoms with Gasteiger partial charge in [-0.05, 0) is 26.0 Å². The van der Waals surface area contributed by atoms with Crippen LogP contribution in [0.2, 0.25) is 0 Å². The lowest BCUT2D eigenvalue weighted by atomic mass is 9.94. The number of hydrogen-bond acceptors (Lipinski definition) is 4. The summed E-state index contributed by atoms with van der Waals surface area (Å²) in [4.78, 5) is 25.7. The number of likely N-dealkylation sites (N-methyl/N-ethyl adjacent to an activating group) is 1. The van der Waals surface area contributed by atoms with Crippen LogP contribution in [0.15, 0.2) is 18.2 Å². The molecule has 1 aromatic carbocycles. The molecule has 0 bridgehead atoms. The van der Waals surface area contributed by atoms with Gasteiger partial charge in [-0.2, -0.15) is 0 Å². The highest BCUT2D eigenvalue weighted by molar-refractivity contribution is 5.93. The van der Waals surface area contributed by atoms with Gasteiger partial charge in [-0.15, -0.1) is 0 Å². The van der Waals surface area contributed by atoms with Crippen LogP contribution in [0.3, 0.4) is 0 Å². The molecular weight excluding hydrogens is 322 g/mol. The van der Waals surface area contributed by atoms with Gasteiger partial charge in [0.25, 0.3) is 5.91 Å². The number of fused-ring (bicyclic) bond motifs is 1. The molecule has 136 valence electrons. The van der Waals surface area contributed by atoms with Crippen LogP contribution in [-0.2, 0) is 9.59 Å². The fourth-order valence-electron chi connectivity index (χ4n) is 3.42. The Labute approximate surface area is 147 Å². The number of nitrogens with one attached hydrogen (secondary N) is 3. The lowest BCUT2D eigenvalue weighted by Crippen LogP contribution is -3.17. The van der Waals surface area contributed by atoms with Crippen LogP contribution in [-0.4, -0.2) is 44.3 Å². The van der Waals surface area contributed by atoms with Gasteiger partial charge in [-0.25, -0.2) is 0 Å². The predicted octanol–water partition coefficient (Wildman–Crippen LogP) is 0.173. The number of likely N-dealkylation sites (tertiary alicyclic amines) is 1. The van der Waals surface area contributed by atoms with E-state index < -0.39 is 0 Å². The van der Waals surface area contributed by atoms with E-state index in [0.29, 0.717) is 18.0 Å². The molecule has 2 amide bonds. The largest absolute Gasteiger partial charge is 0.454 e. The van der Waals surface area contributed by atoms with Crippen LogP contribution in [0.25, 0.3) is 0 Å². The number of hydrogen-bond donors (Lipinski definition) is 3. The van der Waals surface area contributed by atoms with Crippen molar-refractivity contribution < 1.29 is 24.0 Å². The van der Waals surface area contributed by atoms with Gasteiger partial charge in [-0.1, -0.05) is 0 Å². The first-order valence-electron chi connectivity index (χ1n) is 8.91. The van der Waals surface area contributed by atoms with E-state index in [4.69, 9.17) is 9.47 Å². The molecule has 7 nitrogen and oxygen atoms in total. The molecule has 1 saturated heterocycles. The first-order valence-corrected chi connectivity index (χ1v) is 8.91. The highest BCUT2D eigenvalue weighted by Gasteiger charge is 2.32. The molecule has 0 aliphatic carbocycles. The first kappa shape index (κ1) is 17.5. The Hall–Kier alpha value is -2.28. The second-order valence-corrected chi connectivity index (χ2v) is 6.61. The molecule has 2 aliphatic rings. The summed E-state index contributed by atoms with van der Waals surface area (Å²) >= 11 is 0. The number of rotatable bonds is 5. The second-order valence-electron chi connectivity index (χ2n) is 6.61. The monoisotopic (exact) mass is 348 g/mol. The zero-order valence-electron chi connectivity index (χ0n) is 14.8. The average Bonchev–Trinajstić information content (AvgIpc) is 3.09. The van der Waals surface area contributed by atoms with Crippen LogP contribution in [0.1, 0.15) is 26.7 Å². The lowest BCUT2D eigenvalue weighted by Gasteiger charge is -2.32.